The van der Waals surface area contributed by atoms with Crippen molar-refractivity contribution in [3.8, 4) is 5.75 Å². The molecule has 1 fully saturated rings. The van der Waals surface area contributed by atoms with Crippen molar-refractivity contribution in [2.75, 3.05) is 13.7 Å². The van der Waals surface area contributed by atoms with E-state index in [-0.39, 0.29) is 6.04 Å². The molecular weight excluding hydrogens is 342 g/mol. The van der Waals surface area contributed by atoms with Crippen LogP contribution >= 0.6 is 15.9 Å². The molecule has 1 heterocycles. The van der Waals surface area contributed by atoms with Crippen LogP contribution in [0, 0.1) is 0 Å². The maximum absolute atomic E-state index is 12.8. The molecule has 0 aliphatic carbocycles. The van der Waals surface area contributed by atoms with Gasteiger partial charge in [0.2, 0.25) is 10.0 Å². The average Bonchev–Trinajstić information content (AvgIpc) is 2.63. The summed E-state index contributed by atoms with van der Waals surface area (Å²) in [5, 5.41) is 0. The van der Waals surface area contributed by atoms with Gasteiger partial charge in [-0.15, -0.1) is 0 Å². The topological polar surface area (TPSA) is 46.6 Å². The summed E-state index contributed by atoms with van der Waals surface area (Å²) in [6, 6.07) is 4.96. The summed E-state index contributed by atoms with van der Waals surface area (Å²) in [7, 11) is -1.87. The minimum atomic E-state index is -3.43. The molecule has 0 bridgehead atoms. The van der Waals surface area contributed by atoms with E-state index < -0.39 is 10.0 Å². The van der Waals surface area contributed by atoms with Crippen LogP contribution in [0.5, 0.6) is 5.75 Å². The Morgan fingerprint density at radius 3 is 2.70 bits per heavy atom. The van der Waals surface area contributed by atoms with E-state index in [2.05, 4.69) is 15.9 Å². The van der Waals surface area contributed by atoms with Crippen LogP contribution in [0.15, 0.2) is 27.6 Å². The van der Waals surface area contributed by atoms with Crippen molar-refractivity contribution in [1.29, 1.82) is 0 Å². The van der Waals surface area contributed by atoms with Crippen LogP contribution in [-0.4, -0.2) is 32.4 Å². The van der Waals surface area contributed by atoms with E-state index >= 15 is 0 Å². The van der Waals surface area contributed by atoms with Crippen LogP contribution in [0.1, 0.15) is 32.6 Å². The van der Waals surface area contributed by atoms with Gasteiger partial charge in [0.15, 0.2) is 0 Å². The SMILES string of the molecule is COc1ccc(S(=O)(=O)N2CCCCCC2C)cc1Br. The highest BCUT2D eigenvalue weighted by Gasteiger charge is 2.30. The molecule has 112 valence electrons. The first-order valence-corrected chi connectivity index (χ1v) is 9.05. The normalized spacial score (nSPS) is 21.4. The van der Waals surface area contributed by atoms with Gasteiger partial charge in [-0.05, 0) is 53.9 Å². The lowest BCUT2D eigenvalue weighted by Crippen LogP contribution is -2.38. The summed E-state index contributed by atoms with van der Waals surface area (Å²) in [4.78, 5) is 0.318. The van der Waals surface area contributed by atoms with Gasteiger partial charge in [0.25, 0.3) is 0 Å². The lowest BCUT2D eigenvalue weighted by atomic mass is 10.1. The first-order valence-electron chi connectivity index (χ1n) is 6.82. The van der Waals surface area contributed by atoms with Crippen molar-refractivity contribution < 1.29 is 13.2 Å². The molecular formula is C14H20BrNO3S. The second-order valence-corrected chi connectivity index (χ2v) is 7.86. The van der Waals surface area contributed by atoms with Gasteiger partial charge in [0.05, 0.1) is 16.5 Å². The van der Waals surface area contributed by atoms with Crippen molar-refractivity contribution in [1.82, 2.24) is 4.31 Å². The minimum absolute atomic E-state index is 0.0587. The van der Waals surface area contributed by atoms with Gasteiger partial charge >= 0.3 is 0 Å². The fraction of sp³-hybridized carbons (Fsp3) is 0.571. The molecule has 4 nitrogen and oxygen atoms in total. The van der Waals surface area contributed by atoms with Gasteiger partial charge < -0.3 is 4.74 Å². The number of benzene rings is 1. The summed E-state index contributed by atoms with van der Waals surface area (Å²) >= 11 is 3.35. The molecule has 1 unspecified atom stereocenters. The van der Waals surface area contributed by atoms with Crippen LogP contribution in [0.25, 0.3) is 0 Å². The summed E-state index contributed by atoms with van der Waals surface area (Å²) in [6.07, 6.45) is 4.06. The van der Waals surface area contributed by atoms with E-state index in [4.69, 9.17) is 4.74 Å². The molecule has 1 aromatic carbocycles. The van der Waals surface area contributed by atoms with Crippen LogP contribution in [0.2, 0.25) is 0 Å². The van der Waals surface area contributed by atoms with Crippen LogP contribution in [0.3, 0.4) is 0 Å². The van der Waals surface area contributed by atoms with Gasteiger partial charge in [-0.1, -0.05) is 12.8 Å². The van der Waals surface area contributed by atoms with Crippen molar-refractivity contribution in [3.63, 3.8) is 0 Å². The Hall–Kier alpha value is -0.590. The van der Waals surface area contributed by atoms with E-state index in [0.29, 0.717) is 21.7 Å². The van der Waals surface area contributed by atoms with E-state index in [1.54, 1.807) is 29.6 Å². The Morgan fingerprint density at radius 2 is 2.05 bits per heavy atom. The number of nitrogens with zero attached hydrogens (tertiary/aromatic N) is 1. The Morgan fingerprint density at radius 1 is 1.30 bits per heavy atom. The molecule has 0 radical (unpaired) electrons. The number of hydrogen-bond donors (Lipinski definition) is 0. The second-order valence-electron chi connectivity index (χ2n) is 5.11. The zero-order chi connectivity index (χ0) is 14.8. The Balaban J connectivity index is 2.36. The number of methoxy groups -OCH3 is 1. The van der Waals surface area contributed by atoms with E-state index in [1.807, 2.05) is 6.92 Å². The summed E-state index contributed by atoms with van der Waals surface area (Å²) in [5.74, 6) is 0.632. The zero-order valence-corrected chi connectivity index (χ0v) is 14.2. The second kappa shape index (κ2) is 6.45. The quantitative estimate of drug-likeness (QED) is 0.828. The maximum Gasteiger partial charge on any atom is 0.243 e. The van der Waals surface area contributed by atoms with Crippen molar-refractivity contribution in [3.05, 3.63) is 22.7 Å². The van der Waals surface area contributed by atoms with Crippen molar-refractivity contribution in [2.45, 2.75) is 43.5 Å². The lowest BCUT2D eigenvalue weighted by Gasteiger charge is -2.26. The summed E-state index contributed by atoms with van der Waals surface area (Å²) in [6.45, 7) is 2.59. The highest BCUT2D eigenvalue weighted by atomic mass is 79.9. The summed E-state index contributed by atoms with van der Waals surface area (Å²) < 4.78 is 33.0. The van der Waals surface area contributed by atoms with Gasteiger partial charge in [-0.25, -0.2) is 8.42 Å². The van der Waals surface area contributed by atoms with E-state index in [0.717, 1.165) is 25.7 Å². The van der Waals surface area contributed by atoms with Crippen LogP contribution in [0.4, 0.5) is 0 Å². The molecule has 0 spiro atoms. The van der Waals surface area contributed by atoms with Crippen LogP contribution in [-0.2, 0) is 10.0 Å². The third-order valence-corrected chi connectivity index (χ3v) is 6.35. The largest absolute Gasteiger partial charge is 0.496 e. The molecule has 6 heteroatoms. The fourth-order valence-corrected chi connectivity index (χ4v) is 4.97. The standard InChI is InChI=1S/C14H20BrNO3S/c1-11-6-4-3-5-9-16(11)20(17,18)12-7-8-14(19-2)13(15)10-12/h7-8,10-11H,3-6,9H2,1-2H3. The third kappa shape index (κ3) is 3.18. The minimum Gasteiger partial charge on any atom is -0.496 e. The number of sulfonamides is 1. The molecule has 0 N–H and O–H groups in total. The molecule has 1 aliphatic rings. The smallest absolute Gasteiger partial charge is 0.243 e. The molecule has 0 saturated carbocycles. The number of halogens is 1. The highest BCUT2D eigenvalue weighted by molar-refractivity contribution is 9.10. The van der Waals surface area contributed by atoms with E-state index in [9.17, 15) is 8.42 Å². The van der Waals surface area contributed by atoms with Gasteiger partial charge in [0, 0.05) is 12.6 Å². The van der Waals surface area contributed by atoms with Crippen molar-refractivity contribution >= 4 is 26.0 Å². The Labute approximate surface area is 129 Å². The van der Waals surface area contributed by atoms with Gasteiger partial charge in [-0.3, -0.25) is 0 Å². The first kappa shape index (κ1) is 15.8. The Kier molecular flexibility index (Phi) is 5.09. The average molecular weight is 362 g/mol. The molecule has 20 heavy (non-hydrogen) atoms. The molecule has 1 aliphatic heterocycles. The molecule has 2 rings (SSSR count). The summed E-state index contributed by atoms with van der Waals surface area (Å²) in [5.41, 5.74) is 0. The highest BCUT2D eigenvalue weighted by Crippen LogP contribution is 2.30. The predicted octanol–water partition coefficient (Wildman–Crippen LogP) is 3.41. The molecule has 0 amide bonds. The monoisotopic (exact) mass is 361 g/mol. The molecule has 0 aromatic heterocycles. The fourth-order valence-electron chi connectivity index (χ4n) is 2.55. The molecule has 1 saturated heterocycles. The third-order valence-electron chi connectivity index (χ3n) is 3.72. The van der Waals surface area contributed by atoms with Gasteiger partial charge in [0.1, 0.15) is 5.75 Å². The van der Waals surface area contributed by atoms with Crippen molar-refractivity contribution in [2.24, 2.45) is 0 Å². The molecule has 1 atom stereocenters. The maximum atomic E-state index is 12.8. The van der Waals surface area contributed by atoms with E-state index in [1.165, 1.54) is 0 Å². The lowest BCUT2D eigenvalue weighted by molar-refractivity contribution is 0.342. The molecule has 1 aromatic rings. The zero-order valence-electron chi connectivity index (χ0n) is 11.8. The number of rotatable bonds is 3. The number of ether oxygens (including phenoxy) is 1. The number of hydrogen-bond acceptors (Lipinski definition) is 3. The van der Waals surface area contributed by atoms with Crippen LogP contribution < -0.4 is 4.74 Å². The van der Waals surface area contributed by atoms with Gasteiger partial charge in [-0.2, -0.15) is 4.31 Å². The Bertz CT molecular complexity index is 574. The first-order chi connectivity index (χ1) is 9.46. The predicted molar refractivity (Wildman–Crippen MR) is 82.5 cm³/mol.